The van der Waals surface area contributed by atoms with Crippen molar-refractivity contribution in [2.45, 2.75) is 69.2 Å². The first-order valence-electron chi connectivity index (χ1n) is 11.8. The lowest BCUT2D eigenvalue weighted by atomic mass is 9.97. The van der Waals surface area contributed by atoms with E-state index in [1.54, 1.807) is 6.08 Å². The van der Waals surface area contributed by atoms with Gasteiger partial charge in [0.25, 0.3) is 0 Å². The van der Waals surface area contributed by atoms with Crippen molar-refractivity contribution in [2.24, 2.45) is 0 Å². The molecule has 0 aliphatic carbocycles. The van der Waals surface area contributed by atoms with Crippen LogP contribution in [0.25, 0.3) is 11.4 Å². The Balaban J connectivity index is 2.04. The minimum absolute atomic E-state index is 0.288. The zero-order valence-corrected chi connectivity index (χ0v) is 22.3. The minimum Gasteiger partial charge on any atom is -0.463 e. The van der Waals surface area contributed by atoms with E-state index in [1.165, 1.54) is 27.7 Å². The fourth-order valence-corrected chi connectivity index (χ4v) is 5.12. The summed E-state index contributed by atoms with van der Waals surface area (Å²) in [6.07, 6.45) is -1.65. The Bertz CT molecular complexity index is 1170. The molecule has 0 spiro atoms. The predicted octanol–water partition coefficient (Wildman–Crippen LogP) is 1.88. The van der Waals surface area contributed by atoms with Crippen molar-refractivity contribution in [3.8, 4) is 11.4 Å². The van der Waals surface area contributed by atoms with Crippen molar-refractivity contribution >= 4 is 35.6 Å². The molecule has 204 valence electrons. The maximum Gasteiger partial charge on any atom is 0.303 e. The Hall–Kier alpha value is -3.71. The molecule has 1 aliphatic rings. The van der Waals surface area contributed by atoms with Gasteiger partial charge >= 0.3 is 17.9 Å². The number of hydrogen-bond acceptors (Lipinski definition) is 11. The van der Waals surface area contributed by atoms with Crippen LogP contribution in [0.2, 0.25) is 0 Å². The van der Waals surface area contributed by atoms with Gasteiger partial charge in [0, 0.05) is 39.8 Å². The second kappa shape index (κ2) is 13.2. The monoisotopic (exact) mass is 546 g/mol. The largest absolute Gasteiger partial charge is 0.463 e. The van der Waals surface area contributed by atoms with Gasteiger partial charge in [0.2, 0.25) is 5.91 Å². The number of aromatic nitrogens is 3. The van der Waals surface area contributed by atoms with E-state index in [-0.39, 0.29) is 6.61 Å². The molecule has 1 aromatic carbocycles. The number of carbonyl (C=O) groups excluding carboxylic acids is 4. The highest BCUT2D eigenvalue weighted by Crippen LogP contribution is 2.36. The number of benzene rings is 1. The maximum absolute atomic E-state index is 12.2. The van der Waals surface area contributed by atoms with E-state index in [0.717, 1.165) is 17.3 Å². The quantitative estimate of drug-likeness (QED) is 0.264. The van der Waals surface area contributed by atoms with E-state index in [1.807, 2.05) is 34.9 Å². The number of carbonyl (C=O) groups is 4. The number of esters is 3. The van der Waals surface area contributed by atoms with Crippen LogP contribution in [-0.2, 0) is 44.7 Å². The standard InChI is InChI=1S/C25H30N4O8S/c1-6-12-29-23(18-10-8-7-9-11-18)27-28-25(29)38-24-20(26-14(2)30)22(36-17(5)33)21(35-16(4)32)19(37-24)13-34-15(3)31/h6-11,19-22,24H,1,12-13H2,2-5H3,(H,26,30)/t19-,20+,21+,22-,24+/m1/s1. The highest BCUT2D eigenvalue weighted by Gasteiger charge is 2.51. The summed E-state index contributed by atoms with van der Waals surface area (Å²) in [6.45, 7) is 8.81. The maximum atomic E-state index is 12.2. The molecule has 38 heavy (non-hydrogen) atoms. The summed E-state index contributed by atoms with van der Waals surface area (Å²) >= 11 is 1.12. The van der Waals surface area contributed by atoms with E-state index in [9.17, 15) is 19.2 Å². The molecule has 0 saturated carbocycles. The predicted molar refractivity (Wildman–Crippen MR) is 136 cm³/mol. The molecular formula is C25H30N4O8S. The summed E-state index contributed by atoms with van der Waals surface area (Å²) in [4.78, 5) is 47.7. The lowest BCUT2D eigenvalue weighted by Gasteiger charge is -2.44. The van der Waals surface area contributed by atoms with E-state index < -0.39 is 53.6 Å². The van der Waals surface area contributed by atoms with Gasteiger partial charge in [-0.1, -0.05) is 48.2 Å². The topological polar surface area (TPSA) is 148 Å². The molecule has 0 unspecified atom stereocenters. The minimum atomic E-state index is -1.17. The van der Waals surface area contributed by atoms with E-state index in [0.29, 0.717) is 17.5 Å². The van der Waals surface area contributed by atoms with Crippen molar-refractivity contribution in [2.75, 3.05) is 6.61 Å². The second-order valence-electron chi connectivity index (χ2n) is 8.41. The van der Waals surface area contributed by atoms with Gasteiger partial charge in [0.05, 0.1) is 0 Å². The van der Waals surface area contributed by atoms with Crippen LogP contribution in [0, 0.1) is 0 Å². The first kappa shape index (κ1) is 28.9. The first-order chi connectivity index (χ1) is 18.1. The third-order valence-corrected chi connectivity index (χ3v) is 6.50. The van der Waals surface area contributed by atoms with Gasteiger partial charge in [-0.2, -0.15) is 0 Å². The third kappa shape index (κ3) is 7.42. The molecule has 1 aromatic heterocycles. The number of hydrogen-bond donors (Lipinski definition) is 1. The SMILES string of the molecule is C=CCn1c(S[C@@H]2O[C@H](COC(C)=O)[C@H](OC(C)=O)[C@H](OC(C)=O)[C@@H]2NC(C)=O)nnc1-c1ccccc1. The van der Waals surface area contributed by atoms with Crippen molar-refractivity contribution in [3.05, 3.63) is 43.0 Å². The second-order valence-corrected chi connectivity index (χ2v) is 9.47. The number of allylic oxidation sites excluding steroid dienone is 1. The van der Waals surface area contributed by atoms with E-state index in [4.69, 9.17) is 18.9 Å². The lowest BCUT2D eigenvalue weighted by molar-refractivity contribution is -0.211. The molecule has 13 heteroatoms. The van der Waals surface area contributed by atoms with Gasteiger partial charge in [-0.3, -0.25) is 23.7 Å². The van der Waals surface area contributed by atoms with Crippen LogP contribution in [0.4, 0.5) is 0 Å². The molecule has 1 amide bonds. The van der Waals surface area contributed by atoms with Crippen molar-refractivity contribution in [3.63, 3.8) is 0 Å². The van der Waals surface area contributed by atoms with Crippen molar-refractivity contribution in [1.29, 1.82) is 0 Å². The number of nitrogens with zero attached hydrogens (tertiary/aromatic N) is 3. The zero-order valence-electron chi connectivity index (χ0n) is 21.5. The normalized spacial score (nSPS) is 22.7. The van der Waals surface area contributed by atoms with Crippen molar-refractivity contribution in [1.82, 2.24) is 20.1 Å². The van der Waals surface area contributed by atoms with Crippen LogP contribution in [0.15, 0.2) is 48.1 Å². The number of thioether (sulfide) groups is 1. The smallest absolute Gasteiger partial charge is 0.303 e. The van der Waals surface area contributed by atoms with Crippen LogP contribution < -0.4 is 5.32 Å². The molecular weight excluding hydrogens is 516 g/mol. The highest BCUT2D eigenvalue weighted by atomic mass is 32.2. The van der Waals surface area contributed by atoms with Crippen LogP contribution in [0.1, 0.15) is 27.7 Å². The number of rotatable bonds is 10. The summed E-state index contributed by atoms with van der Waals surface area (Å²) in [5.41, 5.74) is -0.0795. The van der Waals surface area contributed by atoms with E-state index in [2.05, 4.69) is 22.1 Å². The zero-order chi connectivity index (χ0) is 27.8. The molecule has 0 bridgehead atoms. The van der Waals surface area contributed by atoms with Crippen LogP contribution in [0.5, 0.6) is 0 Å². The molecule has 2 aromatic rings. The summed E-state index contributed by atoms with van der Waals surface area (Å²) in [7, 11) is 0. The van der Waals surface area contributed by atoms with Gasteiger partial charge in [-0.05, 0) is 0 Å². The van der Waals surface area contributed by atoms with Gasteiger partial charge in [0.15, 0.2) is 23.2 Å². The summed E-state index contributed by atoms with van der Waals surface area (Å²) in [5, 5.41) is 11.8. The summed E-state index contributed by atoms with van der Waals surface area (Å²) < 4.78 is 24.2. The Morgan fingerprint density at radius 3 is 2.26 bits per heavy atom. The van der Waals surface area contributed by atoms with Crippen LogP contribution in [0.3, 0.4) is 0 Å². The Morgan fingerprint density at radius 2 is 1.68 bits per heavy atom. The molecule has 0 radical (unpaired) electrons. The van der Waals surface area contributed by atoms with Gasteiger partial charge < -0.3 is 24.3 Å². The Morgan fingerprint density at radius 1 is 1.03 bits per heavy atom. The lowest BCUT2D eigenvalue weighted by Crippen LogP contribution is -2.65. The molecule has 3 rings (SSSR count). The van der Waals surface area contributed by atoms with Gasteiger partial charge in [-0.25, -0.2) is 0 Å². The fraction of sp³-hybridized carbons (Fsp3) is 0.440. The fourth-order valence-electron chi connectivity index (χ4n) is 3.97. The molecule has 12 nitrogen and oxygen atoms in total. The number of ether oxygens (including phenoxy) is 4. The highest BCUT2D eigenvalue weighted by molar-refractivity contribution is 7.99. The molecule has 1 saturated heterocycles. The van der Waals surface area contributed by atoms with Crippen molar-refractivity contribution < 1.29 is 38.1 Å². The molecule has 1 fully saturated rings. The third-order valence-electron chi connectivity index (χ3n) is 5.35. The van der Waals surface area contributed by atoms with Gasteiger partial charge in [-0.15, -0.1) is 16.8 Å². The molecule has 1 N–H and O–H groups in total. The first-order valence-corrected chi connectivity index (χ1v) is 12.6. The molecule has 1 aliphatic heterocycles. The van der Waals surface area contributed by atoms with E-state index >= 15 is 0 Å². The van der Waals surface area contributed by atoms with Gasteiger partial charge in [0.1, 0.15) is 24.2 Å². The average Bonchev–Trinajstić information content (AvgIpc) is 3.23. The van der Waals surface area contributed by atoms with Crippen LogP contribution in [-0.4, -0.2) is 75.0 Å². The molecule has 2 heterocycles. The average molecular weight is 547 g/mol. The number of nitrogens with one attached hydrogen (secondary N) is 1. The number of amides is 1. The Labute approximate surface area is 224 Å². The summed E-state index contributed by atoms with van der Waals surface area (Å²) in [6, 6.07) is 8.47. The summed E-state index contributed by atoms with van der Waals surface area (Å²) in [5.74, 6) is -1.76. The van der Waals surface area contributed by atoms with Crippen LogP contribution >= 0.6 is 11.8 Å². The molecule has 5 atom stereocenters. The Kier molecular flexibility index (Phi) is 10.0.